The molecule has 1 rings (SSSR count). The minimum absolute atomic E-state index is 0.0188. The minimum Gasteiger partial charge on any atom is -0.207 e. The number of hydrogen-bond acceptors (Lipinski definition) is 0. The van der Waals surface area contributed by atoms with Gasteiger partial charge < -0.3 is 0 Å². The fraction of sp³-hybridized carbons (Fsp3) is 0.600. The molecular formula is C10H15F. The Bertz CT molecular complexity index is 189. The van der Waals surface area contributed by atoms with Gasteiger partial charge in [-0.1, -0.05) is 19.4 Å². The van der Waals surface area contributed by atoms with Crippen LogP contribution in [-0.4, -0.2) is 0 Å². The van der Waals surface area contributed by atoms with Crippen LogP contribution in [0, 0.1) is 5.92 Å². The molecule has 0 radical (unpaired) electrons. The Kier molecular flexibility index (Phi) is 2.86. The van der Waals surface area contributed by atoms with Crippen molar-refractivity contribution in [1.29, 1.82) is 0 Å². The molecule has 1 atom stereocenters. The zero-order chi connectivity index (χ0) is 8.27. The van der Waals surface area contributed by atoms with Gasteiger partial charge in [-0.15, -0.1) is 0 Å². The van der Waals surface area contributed by atoms with Crippen molar-refractivity contribution < 1.29 is 4.39 Å². The molecule has 0 spiro atoms. The zero-order valence-electron chi connectivity index (χ0n) is 7.23. The number of halogens is 1. The van der Waals surface area contributed by atoms with Gasteiger partial charge >= 0.3 is 0 Å². The molecular weight excluding hydrogens is 139 g/mol. The van der Waals surface area contributed by atoms with Crippen molar-refractivity contribution in [3.05, 3.63) is 23.6 Å². The topological polar surface area (TPSA) is 0 Å². The summed E-state index contributed by atoms with van der Waals surface area (Å²) in [7, 11) is 0. The monoisotopic (exact) mass is 154 g/mol. The fourth-order valence-electron chi connectivity index (χ4n) is 1.40. The first-order valence-corrected chi connectivity index (χ1v) is 4.28. The van der Waals surface area contributed by atoms with Gasteiger partial charge in [-0.3, -0.25) is 0 Å². The van der Waals surface area contributed by atoms with E-state index >= 15 is 0 Å². The summed E-state index contributed by atoms with van der Waals surface area (Å²) in [6, 6.07) is 0. The van der Waals surface area contributed by atoms with Crippen LogP contribution in [0.5, 0.6) is 0 Å². The van der Waals surface area contributed by atoms with E-state index in [0.29, 0.717) is 5.92 Å². The highest BCUT2D eigenvalue weighted by molar-refractivity contribution is 5.27. The lowest BCUT2D eigenvalue weighted by Crippen LogP contribution is -2.00. The van der Waals surface area contributed by atoms with Crippen LogP contribution in [-0.2, 0) is 0 Å². The lowest BCUT2D eigenvalue weighted by Gasteiger charge is -2.14. The number of allylic oxidation sites excluding steroid dienone is 4. The summed E-state index contributed by atoms with van der Waals surface area (Å²) in [5.41, 5.74) is 0.803. The highest BCUT2D eigenvalue weighted by Gasteiger charge is 2.11. The molecule has 0 nitrogen and oxygen atoms in total. The highest BCUT2D eigenvalue weighted by Crippen LogP contribution is 2.26. The second kappa shape index (κ2) is 3.70. The minimum atomic E-state index is -0.0188. The molecule has 1 heteroatoms. The predicted octanol–water partition coefficient (Wildman–Crippen LogP) is 3.61. The molecule has 0 fully saturated rings. The van der Waals surface area contributed by atoms with E-state index < -0.39 is 0 Å². The summed E-state index contributed by atoms with van der Waals surface area (Å²) in [6.45, 7) is 3.96. The lowest BCUT2D eigenvalue weighted by molar-refractivity contribution is 0.540. The van der Waals surface area contributed by atoms with E-state index in [0.717, 1.165) is 24.8 Å². The summed E-state index contributed by atoms with van der Waals surface area (Å²) < 4.78 is 12.9. The standard InChI is InChI=1S/C10H15F/c1-3-4-9-6-5-8(2)10(11)7-9/h5,7,9H,3-4,6H2,1-2H3. The van der Waals surface area contributed by atoms with Crippen molar-refractivity contribution in [1.82, 2.24) is 0 Å². The summed E-state index contributed by atoms with van der Waals surface area (Å²) >= 11 is 0. The highest BCUT2D eigenvalue weighted by atomic mass is 19.1. The first-order chi connectivity index (χ1) is 5.24. The Morgan fingerprint density at radius 1 is 1.64 bits per heavy atom. The molecule has 0 bridgehead atoms. The third-order valence-electron chi connectivity index (χ3n) is 2.14. The van der Waals surface area contributed by atoms with Crippen LogP contribution in [0.2, 0.25) is 0 Å². The molecule has 0 saturated heterocycles. The predicted molar refractivity (Wildman–Crippen MR) is 46.0 cm³/mol. The Labute approximate surface area is 67.8 Å². The fourth-order valence-corrected chi connectivity index (χ4v) is 1.40. The van der Waals surface area contributed by atoms with E-state index in [9.17, 15) is 4.39 Å². The summed E-state index contributed by atoms with van der Waals surface area (Å²) in [6.07, 6.45) is 7.03. The quantitative estimate of drug-likeness (QED) is 0.570. The van der Waals surface area contributed by atoms with Gasteiger partial charge in [-0.25, -0.2) is 4.39 Å². The molecule has 11 heavy (non-hydrogen) atoms. The van der Waals surface area contributed by atoms with Gasteiger partial charge in [0.1, 0.15) is 5.83 Å². The Morgan fingerprint density at radius 2 is 2.36 bits per heavy atom. The molecule has 0 aromatic carbocycles. The van der Waals surface area contributed by atoms with Crippen LogP contribution in [0.4, 0.5) is 4.39 Å². The average Bonchev–Trinajstić information content (AvgIpc) is 1.98. The van der Waals surface area contributed by atoms with E-state index in [1.165, 1.54) is 0 Å². The molecule has 0 aliphatic heterocycles. The normalized spacial score (nSPS) is 24.5. The molecule has 0 saturated carbocycles. The molecule has 62 valence electrons. The molecule has 0 aromatic heterocycles. The third-order valence-corrected chi connectivity index (χ3v) is 2.14. The van der Waals surface area contributed by atoms with Crippen molar-refractivity contribution in [2.75, 3.05) is 0 Å². The van der Waals surface area contributed by atoms with Gasteiger partial charge in [0.15, 0.2) is 0 Å². The smallest absolute Gasteiger partial charge is 0.122 e. The van der Waals surface area contributed by atoms with Gasteiger partial charge in [0.25, 0.3) is 0 Å². The first kappa shape index (κ1) is 8.51. The second-order valence-electron chi connectivity index (χ2n) is 3.19. The van der Waals surface area contributed by atoms with Crippen LogP contribution < -0.4 is 0 Å². The molecule has 0 aromatic rings. The van der Waals surface area contributed by atoms with E-state index in [1.807, 2.05) is 13.0 Å². The molecule has 0 amide bonds. The second-order valence-corrected chi connectivity index (χ2v) is 3.19. The maximum atomic E-state index is 12.9. The van der Waals surface area contributed by atoms with Crippen molar-refractivity contribution >= 4 is 0 Å². The van der Waals surface area contributed by atoms with Crippen LogP contribution in [0.1, 0.15) is 33.1 Å². The van der Waals surface area contributed by atoms with Gasteiger partial charge in [0.2, 0.25) is 0 Å². The van der Waals surface area contributed by atoms with E-state index in [4.69, 9.17) is 0 Å². The largest absolute Gasteiger partial charge is 0.207 e. The molecule has 0 N–H and O–H groups in total. The summed E-state index contributed by atoms with van der Waals surface area (Å²) in [4.78, 5) is 0. The number of hydrogen-bond donors (Lipinski definition) is 0. The van der Waals surface area contributed by atoms with Crippen molar-refractivity contribution in [3.63, 3.8) is 0 Å². The van der Waals surface area contributed by atoms with Crippen LogP contribution >= 0.6 is 0 Å². The summed E-state index contributed by atoms with van der Waals surface area (Å²) in [5, 5.41) is 0. The van der Waals surface area contributed by atoms with Crippen molar-refractivity contribution in [2.45, 2.75) is 33.1 Å². The van der Waals surface area contributed by atoms with Crippen molar-refractivity contribution in [2.24, 2.45) is 5.92 Å². The maximum absolute atomic E-state index is 12.9. The maximum Gasteiger partial charge on any atom is 0.122 e. The van der Waals surface area contributed by atoms with Crippen LogP contribution in [0.3, 0.4) is 0 Å². The third kappa shape index (κ3) is 2.18. The lowest BCUT2D eigenvalue weighted by atomic mass is 9.93. The van der Waals surface area contributed by atoms with Gasteiger partial charge in [0, 0.05) is 0 Å². The van der Waals surface area contributed by atoms with Gasteiger partial charge in [0.05, 0.1) is 0 Å². The van der Waals surface area contributed by atoms with E-state index in [-0.39, 0.29) is 5.83 Å². The molecule has 1 aliphatic rings. The molecule has 0 heterocycles. The zero-order valence-corrected chi connectivity index (χ0v) is 7.23. The van der Waals surface area contributed by atoms with Crippen LogP contribution in [0.15, 0.2) is 23.6 Å². The van der Waals surface area contributed by atoms with Crippen LogP contribution in [0.25, 0.3) is 0 Å². The van der Waals surface area contributed by atoms with Gasteiger partial charge in [-0.2, -0.15) is 0 Å². The Balaban J connectivity index is 2.54. The molecule has 1 aliphatic carbocycles. The summed E-state index contributed by atoms with van der Waals surface area (Å²) in [5.74, 6) is 0.429. The Hall–Kier alpha value is -0.590. The van der Waals surface area contributed by atoms with E-state index in [1.54, 1.807) is 6.08 Å². The Morgan fingerprint density at radius 3 is 2.91 bits per heavy atom. The average molecular weight is 154 g/mol. The number of rotatable bonds is 2. The van der Waals surface area contributed by atoms with E-state index in [2.05, 4.69) is 6.92 Å². The SMILES string of the molecule is CCCC1C=C(F)C(C)=CC1. The molecule has 1 unspecified atom stereocenters. The first-order valence-electron chi connectivity index (χ1n) is 4.28. The van der Waals surface area contributed by atoms with Crippen molar-refractivity contribution in [3.8, 4) is 0 Å². The van der Waals surface area contributed by atoms with Gasteiger partial charge in [-0.05, 0) is 37.3 Å².